The molecule has 6 heteroatoms. The highest BCUT2D eigenvalue weighted by atomic mass is 16.5. The molecule has 0 aromatic heterocycles. The van der Waals surface area contributed by atoms with Gasteiger partial charge in [0.15, 0.2) is 0 Å². The van der Waals surface area contributed by atoms with Crippen LogP contribution in [-0.2, 0) is 19.6 Å². The van der Waals surface area contributed by atoms with Gasteiger partial charge in [0, 0.05) is 37.8 Å². The van der Waals surface area contributed by atoms with E-state index in [4.69, 9.17) is 4.74 Å². The number of piperidine rings is 1. The Hall–Kier alpha value is -2.28. The zero-order valence-electron chi connectivity index (χ0n) is 17.1. The van der Waals surface area contributed by atoms with Gasteiger partial charge < -0.3 is 20.2 Å². The number of likely N-dealkylation sites (tertiary alicyclic amines) is 1. The number of phenols is 1. The van der Waals surface area contributed by atoms with Crippen molar-refractivity contribution in [3.8, 4) is 11.5 Å². The summed E-state index contributed by atoms with van der Waals surface area (Å²) in [6.07, 6.45) is 3.95. The number of nitrogens with zero attached hydrogens (tertiary/aromatic N) is 2. The van der Waals surface area contributed by atoms with Crippen LogP contribution in [0.15, 0.2) is 30.3 Å². The zero-order valence-corrected chi connectivity index (χ0v) is 17.1. The van der Waals surface area contributed by atoms with E-state index in [1.807, 2.05) is 12.1 Å². The molecular formula is C23H30N4O2. The quantitative estimate of drug-likeness (QED) is 0.723. The van der Waals surface area contributed by atoms with E-state index in [-0.39, 0.29) is 6.04 Å². The Morgan fingerprint density at radius 2 is 1.86 bits per heavy atom. The lowest BCUT2D eigenvalue weighted by Gasteiger charge is -2.29. The van der Waals surface area contributed by atoms with Crippen molar-refractivity contribution in [1.29, 1.82) is 0 Å². The highest BCUT2D eigenvalue weighted by Gasteiger charge is 2.27. The van der Waals surface area contributed by atoms with E-state index in [9.17, 15) is 5.11 Å². The van der Waals surface area contributed by atoms with Gasteiger partial charge in [-0.1, -0.05) is 12.5 Å². The molecule has 0 bridgehead atoms. The number of nitrogens with one attached hydrogen (secondary N) is 2. The lowest BCUT2D eigenvalue weighted by atomic mass is 10.0. The molecule has 0 amide bonds. The van der Waals surface area contributed by atoms with Gasteiger partial charge in [-0.3, -0.25) is 4.90 Å². The van der Waals surface area contributed by atoms with E-state index in [0.29, 0.717) is 5.75 Å². The largest absolute Gasteiger partial charge is 0.508 e. The van der Waals surface area contributed by atoms with Gasteiger partial charge >= 0.3 is 0 Å². The lowest BCUT2D eigenvalue weighted by molar-refractivity contribution is 0.210. The third-order valence-corrected chi connectivity index (χ3v) is 6.49. The van der Waals surface area contributed by atoms with E-state index in [1.165, 1.54) is 49.0 Å². The summed E-state index contributed by atoms with van der Waals surface area (Å²) in [7, 11) is 1.71. The van der Waals surface area contributed by atoms with Crippen LogP contribution in [0.1, 0.15) is 47.6 Å². The molecule has 1 unspecified atom stereocenters. The van der Waals surface area contributed by atoms with Gasteiger partial charge in [-0.15, -0.1) is 0 Å². The van der Waals surface area contributed by atoms with E-state index in [2.05, 4.69) is 38.9 Å². The fourth-order valence-electron chi connectivity index (χ4n) is 4.88. The summed E-state index contributed by atoms with van der Waals surface area (Å²) in [5.41, 5.74) is 12.6. The number of hydrogen-bond acceptors (Lipinski definition) is 6. The first-order chi connectivity index (χ1) is 14.2. The van der Waals surface area contributed by atoms with E-state index >= 15 is 0 Å². The molecular weight excluding hydrogens is 364 g/mol. The van der Waals surface area contributed by atoms with E-state index in [1.54, 1.807) is 7.11 Å². The topological polar surface area (TPSA) is 60.0 Å². The molecule has 154 valence electrons. The second kappa shape index (κ2) is 7.86. The Labute approximate surface area is 172 Å². The van der Waals surface area contributed by atoms with Crippen LogP contribution in [0.5, 0.6) is 11.5 Å². The molecule has 2 aromatic carbocycles. The number of ether oxygens (including phenoxy) is 1. The van der Waals surface area contributed by atoms with Gasteiger partial charge in [0.2, 0.25) is 0 Å². The summed E-state index contributed by atoms with van der Waals surface area (Å²) in [5.74, 6) is 1.27. The van der Waals surface area contributed by atoms with Crippen molar-refractivity contribution in [2.45, 2.75) is 44.9 Å². The first kappa shape index (κ1) is 18.7. The van der Waals surface area contributed by atoms with Crippen LogP contribution < -0.4 is 15.6 Å². The normalized spacial score (nSPS) is 21.6. The van der Waals surface area contributed by atoms with Crippen molar-refractivity contribution >= 4 is 5.69 Å². The summed E-state index contributed by atoms with van der Waals surface area (Å²) in [6.45, 7) is 5.92. The molecule has 0 spiro atoms. The number of hydrogen-bond donors (Lipinski definition) is 3. The smallest absolute Gasteiger partial charge is 0.122 e. The Bertz CT molecular complexity index is 895. The summed E-state index contributed by atoms with van der Waals surface area (Å²) < 4.78 is 5.36. The minimum Gasteiger partial charge on any atom is -0.508 e. The number of anilines is 1. The fourth-order valence-corrected chi connectivity index (χ4v) is 4.88. The molecule has 1 saturated heterocycles. The monoisotopic (exact) mass is 394 g/mol. The van der Waals surface area contributed by atoms with Crippen molar-refractivity contribution in [2.75, 3.05) is 32.2 Å². The Kier molecular flexibility index (Phi) is 5.08. The predicted octanol–water partition coefficient (Wildman–Crippen LogP) is 3.37. The minimum absolute atomic E-state index is 0.266. The number of fused-ring (bicyclic) bond motifs is 2. The molecule has 1 atom stereocenters. The Morgan fingerprint density at radius 1 is 1.03 bits per heavy atom. The average Bonchev–Trinajstić information content (AvgIpc) is 3.32. The van der Waals surface area contributed by atoms with Gasteiger partial charge in [0.1, 0.15) is 11.5 Å². The number of aromatic hydroxyl groups is 1. The summed E-state index contributed by atoms with van der Waals surface area (Å²) >= 11 is 0. The summed E-state index contributed by atoms with van der Waals surface area (Å²) in [6, 6.07) is 10.6. The highest BCUT2D eigenvalue weighted by molar-refractivity contribution is 5.61. The van der Waals surface area contributed by atoms with E-state index < -0.39 is 0 Å². The van der Waals surface area contributed by atoms with Crippen LogP contribution in [0.25, 0.3) is 0 Å². The van der Waals surface area contributed by atoms with Crippen LogP contribution in [0.4, 0.5) is 5.69 Å². The molecule has 3 aliphatic heterocycles. The molecule has 6 nitrogen and oxygen atoms in total. The SMILES string of the molecule is COc1ccc2c(c1)CN(Cc1cc3c(cc1O)NNC3CN1CCCCC1)C2. The highest BCUT2D eigenvalue weighted by Crippen LogP contribution is 2.36. The van der Waals surface area contributed by atoms with Crippen molar-refractivity contribution in [3.63, 3.8) is 0 Å². The van der Waals surface area contributed by atoms with Crippen molar-refractivity contribution < 1.29 is 9.84 Å². The molecule has 3 N–H and O–H groups in total. The molecule has 0 radical (unpaired) electrons. The number of benzene rings is 2. The van der Waals surface area contributed by atoms with Gasteiger partial charge in [-0.25, -0.2) is 5.43 Å². The molecule has 0 aliphatic carbocycles. The summed E-state index contributed by atoms with van der Waals surface area (Å²) in [4.78, 5) is 4.93. The second-order valence-electron chi connectivity index (χ2n) is 8.53. The number of hydrazine groups is 1. The van der Waals surface area contributed by atoms with Crippen LogP contribution in [0.2, 0.25) is 0 Å². The number of rotatable bonds is 5. The van der Waals surface area contributed by atoms with Crippen LogP contribution in [-0.4, -0.2) is 41.7 Å². The Morgan fingerprint density at radius 3 is 2.69 bits per heavy atom. The predicted molar refractivity (Wildman–Crippen MR) is 114 cm³/mol. The lowest BCUT2D eigenvalue weighted by Crippen LogP contribution is -2.37. The van der Waals surface area contributed by atoms with Gasteiger partial charge in [0.25, 0.3) is 0 Å². The van der Waals surface area contributed by atoms with Gasteiger partial charge in [-0.05, 0) is 60.8 Å². The van der Waals surface area contributed by atoms with E-state index in [0.717, 1.165) is 43.2 Å². The van der Waals surface area contributed by atoms with Crippen LogP contribution in [0, 0.1) is 0 Å². The standard InChI is InChI=1S/C23H30N4O2/c1-29-19-6-5-16-12-27(13-17(16)9-19)14-18-10-20-21(11-23(18)28)24-25-22(20)15-26-7-3-2-4-8-26/h5-6,9-11,22,24-25,28H,2-4,7-8,12-15H2,1H3. The molecule has 29 heavy (non-hydrogen) atoms. The molecule has 1 fully saturated rings. The van der Waals surface area contributed by atoms with Crippen molar-refractivity contribution in [3.05, 3.63) is 52.6 Å². The van der Waals surface area contributed by atoms with Crippen LogP contribution in [0.3, 0.4) is 0 Å². The maximum absolute atomic E-state index is 10.6. The van der Waals surface area contributed by atoms with Gasteiger partial charge in [-0.2, -0.15) is 0 Å². The minimum atomic E-state index is 0.266. The fraction of sp³-hybridized carbons (Fsp3) is 0.478. The first-order valence-electron chi connectivity index (χ1n) is 10.7. The molecule has 3 heterocycles. The van der Waals surface area contributed by atoms with Crippen molar-refractivity contribution in [2.24, 2.45) is 0 Å². The maximum Gasteiger partial charge on any atom is 0.122 e. The number of methoxy groups -OCH3 is 1. The first-order valence-corrected chi connectivity index (χ1v) is 10.7. The molecule has 0 saturated carbocycles. The number of phenolic OH excluding ortho intramolecular Hbond substituents is 1. The third-order valence-electron chi connectivity index (χ3n) is 6.49. The molecule has 5 rings (SSSR count). The second-order valence-corrected chi connectivity index (χ2v) is 8.53. The molecule has 2 aromatic rings. The third kappa shape index (κ3) is 3.80. The maximum atomic E-state index is 10.6. The molecule has 3 aliphatic rings. The summed E-state index contributed by atoms with van der Waals surface area (Å²) in [5, 5.41) is 10.6. The van der Waals surface area contributed by atoms with Crippen LogP contribution >= 0.6 is 0 Å². The zero-order chi connectivity index (χ0) is 19.8. The Balaban J connectivity index is 1.31. The van der Waals surface area contributed by atoms with Gasteiger partial charge in [0.05, 0.1) is 18.8 Å². The van der Waals surface area contributed by atoms with Crippen molar-refractivity contribution in [1.82, 2.24) is 15.2 Å². The average molecular weight is 395 g/mol.